The van der Waals surface area contributed by atoms with Crippen molar-refractivity contribution in [3.8, 4) is 11.8 Å². The van der Waals surface area contributed by atoms with E-state index in [9.17, 15) is 23.6 Å². The standard InChI is InChI=1S/C27H21F2N5O2/c1-27(28,29)26(36)32-22-14-24(35)33(25(22)18-7-3-2-4-8-18)20-10-11-23-19(13-20)16-31-34(23)21-9-5-6-17(12-21)15-30/h2-13,16,22,25H,14H2,1H3,(H,32,36)/t22-,25?/m0/s1. The second-order valence-electron chi connectivity index (χ2n) is 8.75. The number of hydrogen-bond donors (Lipinski definition) is 1. The summed E-state index contributed by atoms with van der Waals surface area (Å²) in [6, 6.07) is 22.1. The molecular formula is C27H21F2N5O2. The Bertz CT molecular complexity index is 1500. The molecule has 2 atom stereocenters. The van der Waals surface area contributed by atoms with Crippen molar-refractivity contribution in [2.45, 2.75) is 31.4 Å². The van der Waals surface area contributed by atoms with Crippen LogP contribution in [-0.4, -0.2) is 33.6 Å². The van der Waals surface area contributed by atoms with Crippen LogP contribution < -0.4 is 10.2 Å². The van der Waals surface area contributed by atoms with Gasteiger partial charge in [0.25, 0.3) is 5.91 Å². The third-order valence-electron chi connectivity index (χ3n) is 6.23. The number of nitrogens with zero attached hydrogens (tertiary/aromatic N) is 4. The number of rotatable bonds is 5. The van der Waals surface area contributed by atoms with E-state index in [1.807, 2.05) is 18.2 Å². The molecule has 1 aromatic heterocycles. The van der Waals surface area contributed by atoms with Crippen LogP contribution in [0.3, 0.4) is 0 Å². The van der Waals surface area contributed by atoms with Crippen molar-refractivity contribution in [3.05, 3.63) is 90.1 Å². The Balaban J connectivity index is 1.54. The number of anilines is 1. The van der Waals surface area contributed by atoms with E-state index in [0.717, 1.165) is 22.2 Å². The van der Waals surface area contributed by atoms with Gasteiger partial charge in [-0.25, -0.2) is 4.68 Å². The molecule has 0 aliphatic carbocycles. The lowest BCUT2D eigenvalue weighted by molar-refractivity contribution is -0.143. The third kappa shape index (κ3) is 4.18. The van der Waals surface area contributed by atoms with Gasteiger partial charge < -0.3 is 10.2 Å². The van der Waals surface area contributed by atoms with Gasteiger partial charge in [0.1, 0.15) is 0 Å². The molecule has 1 aliphatic rings. The number of alkyl halides is 2. The first kappa shape index (κ1) is 23.2. The number of nitriles is 1. The van der Waals surface area contributed by atoms with E-state index < -0.39 is 23.9 Å². The van der Waals surface area contributed by atoms with Gasteiger partial charge in [-0.05, 0) is 42.0 Å². The predicted octanol–water partition coefficient (Wildman–Crippen LogP) is 4.52. The molecule has 0 bridgehead atoms. The molecule has 9 heteroatoms. The van der Waals surface area contributed by atoms with Crippen molar-refractivity contribution >= 4 is 28.4 Å². The number of benzene rings is 3. The summed E-state index contributed by atoms with van der Waals surface area (Å²) >= 11 is 0. The Hall–Kier alpha value is -4.58. The van der Waals surface area contributed by atoms with Crippen LogP contribution in [-0.2, 0) is 9.59 Å². The summed E-state index contributed by atoms with van der Waals surface area (Å²) in [4.78, 5) is 26.8. The van der Waals surface area contributed by atoms with Crippen molar-refractivity contribution < 1.29 is 18.4 Å². The number of aromatic nitrogens is 2. The van der Waals surface area contributed by atoms with Gasteiger partial charge in [-0.15, -0.1) is 0 Å². The van der Waals surface area contributed by atoms with E-state index in [0.29, 0.717) is 18.2 Å². The van der Waals surface area contributed by atoms with E-state index in [1.54, 1.807) is 70.4 Å². The highest BCUT2D eigenvalue weighted by molar-refractivity contribution is 6.00. The van der Waals surface area contributed by atoms with Crippen LogP contribution in [0.5, 0.6) is 0 Å². The molecule has 4 aromatic rings. The third-order valence-corrected chi connectivity index (χ3v) is 6.23. The van der Waals surface area contributed by atoms with Crippen molar-refractivity contribution in [1.29, 1.82) is 5.26 Å². The molecule has 0 radical (unpaired) electrons. The van der Waals surface area contributed by atoms with Crippen molar-refractivity contribution in [2.24, 2.45) is 0 Å². The van der Waals surface area contributed by atoms with Gasteiger partial charge in [0.2, 0.25) is 5.91 Å². The van der Waals surface area contributed by atoms with Crippen LogP contribution in [0.25, 0.3) is 16.6 Å². The second-order valence-corrected chi connectivity index (χ2v) is 8.75. The highest BCUT2D eigenvalue weighted by Crippen LogP contribution is 2.39. The molecular weight excluding hydrogens is 464 g/mol. The Labute approximate surface area is 205 Å². The molecule has 0 spiro atoms. The SMILES string of the molecule is CC(F)(F)C(=O)N[C@H]1CC(=O)N(c2ccc3c(cnn3-c3cccc(C#N)c3)c2)C1c1ccccc1. The first-order valence-corrected chi connectivity index (χ1v) is 11.3. The maximum Gasteiger partial charge on any atom is 0.321 e. The van der Waals surface area contributed by atoms with Crippen molar-refractivity contribution in [1.82, 2.24) is 15.1 Å². The minimum Gasteiger partial charge on any atom is -0.345 e. The average Bonchev–Trinajstić information content (AvgIpc) is 3.44. The fraction of sp³-hybridized carbons (Fsp3) is 0.185. The highest BCUT2D eigenvalue weighted by Gasteiger charge is 2.45. The van der Waals surface area contributed by atoms with E-state index >= 15 is 0 Å². The summed E-state index contributed by atoms with van der Waals surface area (Å²) in [6.07, 6.45) is 1.55. The van der Waals surface area contributed by atoms with E-state index in [2.05, 4.69) is 16.5 Å². The molecule has 5 rings (SSSR count). The summed E-state index contributed by atoms with van der Waals surface area (Å²) in [5, 5.41) is 16.8. The normalized spacial score (nSPS) is 17.8. The number of hydrogen-bond acceptors (Lipinski definition) is 4. The molecule has 1 N–H and O–H groups in total. The predicted molar refractivity (Wildman–Crippen MR) is 130 cm³/mol. The number of fused-ring (bicyclic) bond motifs is 1. The van der Waals surface area contributed by atoms with Gasteiger partial charge in [0.15, 0.2) is 0 Å². The summed E-state index contributed by atoms with van der Waals surface area (Å²) in [5.41, 5.74) is 3.28. The van der Waals surface area contributed by atoms with Crippen LogP contribution in [0.1, 0.15) is 30.5 Å². The first-order chi connectivity index (χ1) is 17.3. The van der Waals surface area contributed by atoms with E-state index in [4.69, 9.17) is 0 Å². The van der Waals surface area contributed by atoms with Gasteiger partial charge in [-0.1, -0.05) is 36.4 Å². The fourth-order valence-electron chi connectivity index (χ4n) is 4.58. The fourth-order valence-corrected chi connectivity index (χ4v) is 4.58. The summed E-state index contributed by atoms with van der Waals surface area (Å²) in [7, 11) is 0. The molecule has 180 valence electrons. The quantitative estimate of drug-likeness (QED) is 0.450. The number of amides is 2. The monoisotopic (exact) mass is 485 g/mol. The number of carbonyl (C=O) groups is 2. The number of halogens is 2. The Morgan fingerprint density at radius 1 is 1.08 bits per heavy atom. The zero-order valence-corrected chi connectivity index (χ0v) is 19.2. The molecule has 36 heavy (non-hydrogen) atoms. The van der Waals surface area contributed by atoms with Crippen LogP contribution in [0, 0.1) is 11.3 Å². The van der Waals surface area contributed by atoms with Gasteiger partial charge in [-0.3, -0.25) is 9.59 Å². The maximum atomic E-state index is 13.6. The molecule has 1 saturated heterocycles. The maximum absolute atomic E-state index is 13.6. The molecule has 7 nitrogen and oxygen atoms in total. The molecule has 1 aliphatic heterocycles. The number of carbonyl (C=O) groups excluding carboxylic acids is 2. The Kier molecular flexibility index (Phi) is 5.72. The first-order valence-electron chi connectivity index (χ1n) is 11.3. The lowest BCUT2D eigenvalue weighted by Gasteiger charge is -2.29. The zero-order valence-electron chi connectivity index (χ0n) is 19.2. The molecule has 2 amide bonds. The lowest BCUT2D eigenvalue weighted by Crippen LogP contribution is -2.46. The molecule has 2 heterocycles. The minimum absolute atomic E-state index is 0.111. The van der Waals surface area contributed by atoms with Gasteiger partial charge in [-0.2, -0.15) is 19.1 Å². The second kappa shape index (κ2) is 8.89. The van der Waals surface area contributed by atoms with Crippen molar-refractivity contribution in [2.75, 3.05) is 4.90 Å². The molecule has 1 unspecified atom stereocenters. The van der Waals surface area contributed by atoms with Crippen LogP contribution >= 0.6 is 0 Å². The lowest BCUT2D eigenvalue weighted by atomic mass is 9.99. The van der Waals surface area contributed by atoms with Gasteiger partial charge in [0.05, 0.1) is 41.1 Å². The van der Waals surface area contributed by atoms with Crippen LogP contribution in [0.4, 0.5) is 14.5 Å². The van der Waals surface area contributed by atoms with Gasteiger partial charge >= 0.3 is 5.92 Å². The van der Waals surface area contributed by atoms with Gasteiger partial charge in [0, 0.05) is 24.4 Å². The van der Waals surface area contributed by atoms with Crippen LogP contribution in [0.15, 0.2) is 79.0 Å². The molecule has 0 saturated carbocycles. The molecule has 1 fully saturated rings. The molecule has 3 aromatic carbocycles. The number of nitrogens with one attached hydrogen (secondary N) is 1. The smallest absolute Gasteiger partial charge is 0.321 e. The van der Waals surface area contributed by atoms with E-state index in [1.165, 1.54) is 0 Å². The average molecular weight is 485 g/mol. The highest BCUT2D eigenvalue weighted by atomic mass is 19.3. The summed E-state index contributed by atoms with van der Waals surface area (Å²) < 4.78 is 29.0. The topological polar surface area (TPSA) is 91.0 Å². The van der Waals surface area contributed by atoms with Crippen LogP contribution in [0.2, 0.25) is 0 Å². The summed E-state index contributed by atoms with van der Waals surface area (Å²) in [6.45, 7) is 0.534. The van der Waals surface area contributed by atoms with E-state index in [-0.39, 0.29) is 12.3 Å². The Morgan fingerprint density at radius 3 is 2.58 bits per heavy atom. The zero-order chi connectivity index (χ0) is 25.4. The summed E-state index contributed by atoms with van der Waals surface area (Å²) in [5.74, 6) is -5.27. The Morgan fingerprint density at radius 2 is 1.86 bits per heavy atom. The minimum atomic E-state index is -3.56. The van der Waals surface area contributed by atoms with Crippen molar-refractivity contribution in [3.63, 3.8) is 0 Å². The largest absolute Gasteiger partial charge is 0.345 e.